The second kappa shape index (κ2) is 6.21. The summed E-state index contributed by atoms with van der Waals surface area (Å²) in [6.45, 7) is 0. The van der Waals surface area contributed by atoms with E-state index < -0.39 is 33.1 Å². The lowest BCUT2D eigenvalue weighted by atomic mass is 10.2. The summed E-state index contributed by atoms with van der Waals surface area (Å²) in [6, 6.07) is 7.57. The average Bonchev–Trinajstić information content (AvgIpc) is 3.16. The molecule has 0 atom stereocenters. The van der Waals surface area contributed by atoms with Gasteiger partial charge < -0.3 is 9.15 Å². The molecule has 2 heterocycles. The van der Waals surface area contributed by atoms with Gasteiger partial charge in [-0.1, -0.05) is 12.1 Å². The molecule has 0 saturated carbocycles. The minimum Gasteiger partial charge on any atom is -0.494 e. The van der Waals surface area contributed by atoms with Crippen LogP contribution >= 0.6 is 0 Å². The van der Waals surface area contributed by atoms with Crippen molar-refractivity contribution in [3.05, 3.63) is 47.9 Å². The standard InChI is InChI=1S/C18H12F4N2O4S/c1-27-13-7-9-12(8-10(13)19)28-16-15(9)24(23-17(16)18(20,21)22)11-5-3-4-6-14(11)29(2,25)26/h3-8H,1-2H3. The van der Waals surface area contributed by atoms with E-state index in [1.165, 1.54) is 37.4 Å². The minimum absolute atomic E-state index is 0.0876. The lowest BCUT2D eigenvalue weighted by Gasteiger charge is -2.09. The van der Waals surface area contributed by atoms with Crippen LogP contribution in [0.15, 0.2) is 45.7 Å². The van der Waals surface area contributed by atoms with Crippen LogP contribution in [-0.4, -0.2) is 31.6 Å². The molecule has 152 valence electrons. The first kappa shape index (κ1) is 19.2. The Kier molecular flexibility index (Phi) is 4.12. The second-order valence-corrected chi connectivity index (χ2v) is 8.24. The van der Waals surface area contributed by atoms with Crippen molar-refractivity contribution in [2.75, 3.05) is 13.4 Å². The van der Waals surface area contributed by atoms with Crippen molar-refractivity contribution < 1.29 is 35.1 Å². The number of rotatable bonds is 3. The molecule has 0 unspecified atom stereocenters. The highest BCUT2D eigenvalue weighted by Gasteiger charge is 2.40. The molecule has 2 aromatic carbocycles. The highest BCUT2D eigenvalue weighted by atomic mass is 32.2. The summed E-state index contributed by atoms with van der Waals surface area (Å²) in [7, 11) is -2.58. The normalized spacial score (nSPS) is 12.8. The van der Waals surface area contributed by atoms with E-state index in [9.17, 15) is 26.0 Å². The van der Waals surface area contributed by atoms with Crippen LogP contribution in [-0.2, 0) is 16.0 Å². The third kappa shape index (κ3) is 3.01. The second-order valence-electron chi connectivity index (χ2n) is 6.26. The van der Waals surface area contributed by atoms with Gasteiger partial charge in [0, 0.05) is 12.3 Å². The molecule has 0 aliphatic heterocycles. The summed E-state index contributed by atoms with van der Waals surface area (Å²) in [4.78, 5) is -0.221. The highest BCUT2D eigenvalue weighted by Crippen LogP contribution is 2.41. The zero-order chi connectivity index (χ0) is 21.1. The topological polar surface area (TPSA) is 74.3 Å². The van der Waals surface area contributed by atoms with Crippen molar-refractivity contribution in [2.45, 2.75) is 11.1 Å². The Morgan fingerprint density at radius 3 is 2.48 bits per heavy atom. The van der Waals surface area contributed by atoms with Gasteiger partial charge >= 0.3 is 6.18 Å². The fraction of sp³-hybridized carbons (Fsp3) is 0.167. The van der Waals surface area contributed by atoms with Crippen molar-refractivity contribution in [2.24, 2.45) is 0 Å². The number of hydrogen-bond acceptors (Lipinski definition) is 5. The molecule has 4 aromatic rings. The molecule has 6 nitrogen and oxygen atoms in total. The van der Waals surface area contributed by atoms with Crippen LogP contribution in [0.3, 0.4) is 0 Å². The number of alkyl halides is 3. The summed E-state index contributed by atoms with van der Waals surface area (Å²) in [5.74, 6) is -1.03. The SMILES string of the molecule is COc1cc2c(cc1F)oc1c(C(F)(F)F)nn(-c3ccccc3S(C)(=O)=O)c12. The number of para-hydroxylation sites is 1. The molecule has 4 rings (SSSR count). The van der Waals surface area contributed by atoms with Gasteiger partial charge in [0.1, 0.15) is 11.1 Å². The van der Waals surface area contributed by atoms with E-state index in [0.717, 1.165) is 17.0 Å². The maximum atomic E-state index is 14.0. The lowest BCUT2D eigenvalue weighted by molar-refractivity contribution is -0.140. The molecule has 0 saturated heterocycles. The number of benzene rings is 2. The van der Waals surface area contributed by atoms with Crippen LogP contribution in [0.25, 0.3) is 27.8 Å². The number of ether oxygens (including phenoxy) is 1. The molecule has 0 aliphatic rings. The Hall–Kier alpha value is -3.08. The summed E-state index contributed by atoms with van der Waals surface area (Å²) in [5, 5.41) is 3.68. The molecule has 0 bridgehead atoms. The Morgan fingerprint density at radius 1 is 1.17 bits per heavy atom. The first-order chi connectivity index (χ1) is 13.5. The fourth-order valence-electron chi connectivity index (χ4n) is 3.11. The molecule has 0 radical (unpaired) electrons. The van der Waals surface area contributed by atoms with Gasteiger partial charge in [0.25, 0.3) is 0 Å². The van der Waals surface area contributed by atoms with E-state index in [0.29, 0.717) is 0 Å². The Labute approximate surface area is 161 Å². The maximum Gasteiger partial charge on any atom is 0.438 e. The number of hydrogen-bond donors (Lipinski definition) is 0. The predicted molar refractivity (Wildman–Crippen MR) is 95.5 cm³/mol. The minimum atomic E-state index is -4.89. The van der Waals surface area contributed by atoms with E-state index in [1.54, 1.807) is 0 Å². The average molecular weight is 428 g/mol. The summed E-state index contributed by atoms with van der Waals surface area (Å²) in [6.07, 6.45) is -3.96. The Balaban J connectivity index is 2.20. The number of furan rings is 1. The monoisotopic (exact) mass is 428 g/mol. The number of sulfone groups is 1. The van der Waals surface area contributed by atoms with Crippen LogP contribution in [0.4, 0.5) is 17.6 Å². The summed E-state index contributed by atoms with van der Waals surface area (Å²) in [5.41, 5.74) is -2.40. The summed E-state index contributed by atoms with van der Waals surface area (Å²) < 4.78 is 90.1. The Morgan fingerprint density at radius 2 is 1.86 bits per heavy atom. The van der Waals surface area contributed by atoms with E-state index >= 15 is 0 Å². The van der Waals surface area contributed by atoms with Gasteiger partial charge in [-0.25, -0.2) is 17.5 Å². The van der Waals surface area contributed by atoms with Crippen molar-refractivity contribution in [3.63, 3.8) is 0 Å². The molecule has 0 spiro atoms. The van der Waals surface area contributed by atoms with Gasteiger partial charge in [-0.05, 0) is 18.2 Å². The van der Waals surface area contributed by atoms with Gasteiger partial charge in [0.2, 0.25) is 5.69 Å². The maximum absolute atomic E-state index is 14.0. The molecular weight excluding hydrogens is 416 g/mol. The largest absolute Gasteiger partial charge is 0.494 e. The van der Waals surface area contributed by atoms with E-state index in [-0.39, 0.29) is 32.8 Å². The van der Waals surface area contributed by atoms with Gasteiger partial charge in [-0.3, -0.25) is 0 Å². The number of halogens is 4. The fourth-order valence-corrected chi connectivity index (χ4v) is 3.97. The molecule has 0 N–H and O–H groups in total. The molecule has 0 aliphatic carbocycles. The number of methoxy groups -OCH3 is 1. The third-order valence-corrected chi connectivity index (χ3v) is 5.47. The van der Waals surface area contributed by atoms with E-state index in [2.05, 4.69) is 5.10 Å². The van der Waals surface area contributed by atoms with Crippen molar-refractivity contribution in [1.82, 2.24) is 9.78 Å². The molecule has 0 amide bonds. The van der Waals surface area contributed by atoms with Crippen LogP contribution in [0.1, 0.15) is 5.69 Å². The van der Waals surface area contributed by atoms with Crippen LogP contribution in [0, 0.1) is 5.82 Å². The smallest absolute Gasteiger partial charge is 0.438 e. The van der Waals surface area contributed by atoms with Crippen molar-refractivity contribution in [3.8, 4) is 11.4 Å². The number of fused-ring (bicyclic) bond motifs is 3. The number of nitrogens with zero attached hydrogens (tertiary/aromatic N) is 2. The molecule has 2 aromatic heterocycles. The van der Waals surface area contributed by atoms with E-state index in [1.807, 2.05) is 0 Å². The first-order valence-electron chi connectivity index (χ1n) is 8.08. The van der Waals surface area contributed by atoms with Crippen molar-refractivity contribution >= 4 is 31.9 Å². The molecule has 0 fully saturated rings. The summed E-state index contributed by atoms with van der Waals surface area (Å²) >= 11 is 0. The van der Waals surface area contributed by atoms with Gasteiger partial charge in [-0.15, -0.1) is 0 Å². The van der Waals surface area contributed by atoms with E-state index in [4.69, 9.17) is 9.15 Å². The van der Waals surface area contributed by atoms with Crippen LogP contribution in [0.2, 0.25) is 0 Å². The quantitative estimate of drug-likeness (QED) is 0.454. The first-order valence-corrected chi connectivity index (χ1v) is 9.97. The van der Waals surface area contributed by atoms with Gasteiger partial charge in [-0.2, -0.15) is 18.3 Å². The lowest BCUT2D eigenvalue weighted by Crippen LogP contribution is -2.10. The highest BCUT2D eigenvalue weighted by molar-refractivity contribution is 7.90. The zero-order valence-electron chi connectivity index (χ0n) is 14.9. The molecule has 11 heteroatoms. The third-order valence-electron chi connectivity index (χ3n) is 4.32. The van der Waals surface area contributed by atoms with Gasteiger partial charge in [0.15, 0.2) is 27.0 Å². The predicted octanol–water partition coefficient (Wildman–Crippen LogP) is 4.34. The Bertz CT molecular complexity index is 1370. The molecular formula is C18H12F4N2O4S. The van der Waals surface area contributed by atoms with Crippen molar-refractivity contribution in [1.29, 1.82) is 0 Å². The van der Waals surface area contributed by atoms with Crippen LogP contribution in [0.5, 0.6) is 5.75 Å². The molecule has 29 heavy (non-hydrogen) atoms. The van der Waals surface area contributed by atoms with Crippen LogP contribution < -0.4 is 4.74 Å². The number of aromatic nitrogens is 2. The van der Waals surface area contributed by atoms with Gasteiger partial charge in [0.05, 0.1) is 23.1 Å². The zero-order valence-corrected chi connectivity index (χ0v) is 15.7.